The van der Waals surface area contributed by atoms with E-state index in [-0.39, 0.29) is 5.82 Å². The average Bonchev–Trinajstić information content (AvgIpc) is 2.12. The van der Waals surface area contributed by atoms with E-state index in [1.165, 1.54) is 11.6 Å². The van der Waals surface area contributed by atoms with Crippen LogP contribution in [0.2, 0.25) is 0 Å². The van der Waals surface area contributed by atoms with Crippen molar-refractivity contribution in [1.29, 1.82) is 0 Å². The van der Waals surface area contributed by atoms with E-state index in [1.807, 2.05) is 13.0 Å². The number of aryl methyl sites for hydroxylation is 1. The van der Waals surface area contributed by atoms with Gasteiger partial charge in [0.15, 0.2) is 0 Å². The topological polar surface area (TPSA) is 12.0 Å². The van der Waals surface area contributed by atoms with Crippen molar-refractivity contribution in [1.82, 2.24) is 0 Å². The minimum absolute atomic E-state index is 0.118. The summed E-state index contributed by atoms with van der Waals surface area (Å²) in [5.74, 6) is 0.487. The van der Waals surface area contributed by atoms with Crippen LogP contribution in [0.5, 0.6) is 0 Å². The molecule has 13 heavy (non-hydrogen) atoms. The van der Waals surface area contributed by atoms with Crippen LogP contribution in [0.15, 0.2) is 12.1 Å². The number of hydrogen-bond acceptors (Lipinski definition) is 1. The maximum Gasteiger partial charge on any atom is 0.146 e. The van der Waals surface area contributed by atoms with Gasteiger partial charge >= 0.3 is 0 Å². The highest BCUT2D eigenvalue weighted by Crippen LogP contribution is 2.29. The van der Waals surface area contributed by atoms with Gasteiger partial charge in [-0.25, -0.2) is 4.39 Å². The fourth-order valence-electron chi connectivity index (χ4n) is 1.87. The molecule has 1 heterocycles. The summed E-state index contributed by atoms with van der Waals surface area (Å²) in [5, 5.41) is 3.15. The molecule has 70 valence electrons. The lowest BCUT2D eigenvalue weighted by Gasteiger charge is -2.25. The Morgan fingerprint density at radius 3 is 3.00 bits per heavy atom. The summed E-state index contributed by atoms with van der Waals surface area (Å²) in [6.07, 6.45) is 0.992. The van der Waals surface area contributed by atoms with Crippen LogP contribution >= 0.6 is 0 Å². The molecule has 2 heteroatoms. The highest BCUT2D eigenvalue weighted by atomic mass is 19.1. The molecule has 0 aromatic heterocycles. The Morgan fingerprint density at radius 1 is 1.46 bits per heavy atom. The molecule has 0 radical (unpaired) electrons. The predicted octanol–water partition coefficient (Wildman–Crippen LogP) is 2.74. The molecule has 1 nitrogen and oxygen atoms in total. The van der Waals surface area contributed by atoms with E-state index in [9.17, 15) is 4.39 Å². The maximum absolute atomic E-state index is 13.3. The highest BCUT2D eigenvalue weighted by Gasteiger charge is 2.18. The van der Waals surface area contributed by atoms with E-state index in [0.717, 1.165) is 24.2 Å². The number of nitrogens with one attached hydrogen (secondary N) is 1. The number of halogens is 1. The van der Waals surface area contributed by atoms with Crippen molar-refractivity contribution in [3.63, 3.8) is 0 Å². The quantitative estimate of drug-likeness (QED) is 0.645. The van der Waals surface area contributed by atoms with E-state index in [0.29, 0.717) is 5.92 Å². The average molecular weight is 179 g/mol. The molecule has 0 aliphatic carbocycles. The molecule has 0 bridgehead atoms. The predicted molar refractivity (Wildman–Crippen MR) is 52.5 cm³/mol. The zero-order valence-electron chi connectivity index (χ0n) is 8.02. The Balaban J connectivity index is 2.51. The molecule has 0 saturated carbocycles. The van der Waals surface area contributed by atoms with Crippen molar-refractivity contribution in [2.75, 3.05) is 11.9 Å². The van der Waals surface area contributed by atoms with Crippen molar-refractivity contribution in [2.45, 2.75) is 20.3 Å². The molecule has 0 spiro atoms. The summed E-state index contributed by atoms with van der Waals surface area (Å²) < 4.78 is 13.3. The summed E-state index contributed by atoms with van der Waals surface area (Å²) in [4.78, 5) is 0. The van der Waals surface area contributed by atoms with E-state index >= 15 is 0 Å². The van der Waals surface area contributed by atoms with Gasteiger partial charge in [-0.3, -0.25) is 0 Å². The largest absolute Gasteiger partial charge is 0.382 e. The fraction of sp³-hybridized carbons (Fsp3) is 0.455. The van der Waals surface area contributed by atoms with Crippen LogP contribution in [0.3, 0.4) is 0 Å². The van der Waals surface area contributed by atoms with Gasteiger partial charge < -0.3 is 5.32 Å². The van der Waals surface area contributed by atoms with Crippen molar-refractivity contribution < 1.29 is 4.39 Å². The minimum Gasteiger partial charge on any atom is -0.382 e. The Labute approximate surface area is 78.0 Å². The van der Waals surface area contributed by atoms with Crippen LogP contribution in [-0.2, 0) is 6.42 Å². The molecule has 1 aromatic carbocycles. The molecule has 0 amide bonds. The number of rotatable bonds is 0. The Kier molecular flexibility index (Phi) is 1.98. The van der Waals surface area contributed by atoms with Crippen LogP contribution in [0, 0.1) is 18.7 Å². The van der Waals surface area contributed by atoms with Gasteiger partial charge in [-0.15, -0.1) is 0 Å². The van der Waals surface area contributed by atoms with Crippen LogP contribution < -0.4 is 5.32 Å². The molecule has 1 aromatic rings. The number of hydrogen-bond donors (Lipinski definition) is 1. The second-order valence-electron chi connectivity index (χ2n) is 3.91. The second kappa shape index (κ2) is 3.02. The van der Waals surface area contributed by atoms with Gasteiger partial charge in [-0.05, 0) is 36.5 Å². The molecule has 0 saturated heterocycles. The third kappa shape index (κ3) is 1.41. The molecular formula is C11H14FN. The molecule has 1 aliphatic heterocycles. The lowest BCUT2D eigenvalue weighted by Crippen LogP contribution is -2.22. The van der Waals surface area contributed by atoms with Gasteiger partial charge in [0.05, 0.1) is 5.69 Å². The smallest absolute Gasteiger partial charge is 0.146 e. The number of benzene rings is 1. The van der Waals surface area contributed by atoms with Gasteiger partial charge in [0.25, 0.3) is 0 Å². The van der Waals surface area contributed by atoms with Crippen molar-refractivity contribution in [2.24, 2.45) is 5.92 Å². The monoisotopic (exact) mass is 179 g/mol. The van der Waals surface area contributed by atoms with Crippen LogP contribution in [0.25, 0.3) is 0 Å². The highest BCUT2D eigenvalue weighted by molar-refractivity contribution is 5.57. The molecule has 1 aliphatic rings. The Morgan fingerprint density at radius 2 is 2.23 bits per heavy atom. The van der Waals surface area contributed by atoms with E-state index in [2.05, 4.69) is 12.2 Å². The normalized spacial score (nSPS) is 20.7. The zero-order chi connectivity index (χ0) is 9.42. The van der Waals surface area contributed by atoms with Crippen LogP contribution in [-0.4, -0.2) is 6.54 Å². The third-order valence-electron chi connectivity index (χ3n) is 2.68. The second-order valence-corrected chi connectivity index (χ2v) is 3.91. The standard InChI is InChI=1S/C11H14FN/c1-7-5-9-8(2)3-4-10(12)11(9)13-6-7/h3-4,7,13H,5-6H2,1-2H3. The lowest BCUT2D eigenvalue weighted by atomic mass is 9.92. The SMILES string of the molecule is Cc1ccc(F)c2c1CC(C)CN2. The molecule has 2 rings (SSSR count). The molecule has 1 unspecified atom stereocenters. The summed E-state index contributed by atoms with van der Waals surface area (Å²) in [5.41, 5.74) is 3.06. The molecular weight excluding hydrogens is 165 g/mol. The van der Waals surface area contributed by atoms with Crippen LogP contribution in [0.1, 0.15) is 18.1 Å². The van der Waals surface area contributed by atoms with E-state index in [1.54, 1.807) is 0 Å². The maximum atomic E-state index is 13.3. The summed E-state index contributed by atoms with van der Waals surface area (Å²) in [7, 11) is 0. The fourth-order valence-corrected chi connectivity index (χ4v) is 1.87. The third-order valence-corrected chi connectivity index (χ3v) is 2.68. The van der Waals surface area contributed by atoms with Crippen LogP contribution in [0.4, 0.5) is 10.1 Å². The minimum atomic E-state index is -0.118. The van der Waals surface area contributed by atoms with Gasteiger partial charge in [0.1, 0.15) is 5.82 Å². The van der Waals surface area contributed by atoms with Crippen molar-refractivity contribution in [3.05, 3.63) is 29.1 Å². The van der Waals surface area contributed by atoms with Gasteiger partial charge in [-0.2, -0.15) is 0 Å². The summed E-state index contributed by atoms with van der Waals surface area (Å²) >= 11 is 0. The Hall–Kier alpha value is -1.05. The Bertz CT molecular complexity index is 333. The van der Waals surface area contributed by atoms with Crippen molar-refractivity contribution in [3.8, 4) is 0 Å². The molecule has 1 atom stereocenters. The summed E-state index contributed by atoms with van der Waals surface area (Å²) in [6.45, 7) is 5.10. The van der Waals surface area contributed by atoms with E-state index < -0.39 is 0 Å². The van der Waals surface area contributed by atoms with Gasteiger partial charge in [0.2, 0.25) is 0 Å². The number of fused-ring (bicyclic) bond motifs is 1. The summed E-state index contributed by atoms with van der Waals surface area (Å²) in [6, 6.07) is 3.39. The lowest BCUT2D eigenvalue weighted by molar-refractivity contribution is 0.570. The first kappa shape index (κ1) is 8.54. The van der Waals surface area contributed by atoms with E-state index in [4.69, 9.17) is 0 Å². The van der Waals surface area contributed by atoms with Crippen molar-refractivity contribution >= 4 is 5.69 Å². The number of anilines is 1. The first-order chi connectivity index (χ1) is 6.18. The van der Waals surface area contributed by atoms with Gasteiger partial charge in [-0.1, -0.05) is 13.0 Å². The molecule has 1 N–H and O–H groups in total. The van der Waals surface area contributed by atoms with Gasteiger partial charge in [0, 0.05) is 6.54 Å². The first-order valence-electron chi connectivity index (χ1n) is 4.70. The zero-order valence-corrected chi connectivity index (χ0v) is 8.02. The first-order valence-corrected chi connectivity index (χ1v) is 4.70. The molecule has 0 fully saturated rings.